The van der Waals surface area contributed by atoms with Crippen molar-refractivity contribution in [2.45, 2.75) is 6.54 Å². The van der Waals surface area contributed by atoms with E-state index in [0.717, 1.165) is 10.0 Å². The maximum absolute atomic E-state index is 12.2. The van der Waals surface area contributed by atoms with E-state index >= 15 is 0 Å². The fraction of sp³-hybridized carbons (Fsp3) is 0.143. The first-order valence-corrected chi connectivity index (χ1v) is 6.36. The van der Waals surface area contributed by atoms with Gasteiger partial charge in [-0.2, -0.15) is 0 Å². The van der Waals surface area contributed by atoms with E-state index in [1.54, 1.807) is 24.3 Å². The number of benzene rings is 1. The van der Waals surface area contributed by atoms with Crippen molar-refractivity contribution in [3.05, 3.63) is 64.4 Å². The van der Waals surface area contributed by atoms with Gasteiger partial charge in [-0.1, -0.05) is 18.2 Å². The summed E-state index contributed by atoms with van der Waals surface area (Å²) in [4.78, 5) is 18.0. The van der Waals surface area contributed by atoms with Gasteiger partial charge in [-0.3, -0.25) is 9.78 Å². The molecule has 0 fully saturated rings. The smallest absolute Gasteiger partial charge is 0.255 e. The van der Waals surface area contributed by atoms with E-state index in [1.165, 1.54) is 0 Å². The third-order valence-corrected chi connectivity index (χ3v) is 3.29. The average molecular weight is 305 g/mol. The lowest BCUT2D eigenvalue weighted by molar-refractivity contribution is 0.0784. The molecule has 0 unspecified atom stereocenters. The van der Waals surface area contributed by atoms with E-state index in [0.29, 0.717) is 12.1 Å². The van der Waals surface area contributed by atoms with E-state index in [2.05, 4.69) is 20.9 Å². The summed E-state index contributed by atoms with van der Waals surface area (Å²) in [6.07, 6.45) is 3.49. The highest BCUT2D eigenvalue weighted by atomic mass is 79.9. The van der Waals surface area contributed by atoms with Crippen LogP contribution in [-0.2, 0) is 6.54 Å². The largest absolute Gasteiger partial charge is 0.337 e. The number of hydrogen-bond donors (Lipinski definition) is 0. The molecule has 0 radical (unpaired) electrons. The number of hydrogen-bond acceptors (Lipinski definition) is 2. The summed E-state index contributed by atoms with van der Waals surface area (Å²) in [5.74, 6) is -0.00803. The zero-order chi connectivity index (χ0) is 13.0. The lowest BCUT2D eigenvalue weighted by Gasteiger charge is -2.17. The molecule has 0 aliphatic rings. The van der Waals surface area contributed by atoms with Crippen molar-refractivity contribution < 1.29 is 4.79 Å². The van der Waals surface area contributed by atoms with Crippen LogP contribution < -0.4 is 0 Å². The Hall–Kier alpha value is -1.68. The van der Waals surface area contributed by atoms with E-state index in [9.17, 15) is 4.79 Å². The second-order valence-electron chi connectivity index (χ2n) is 4.00. The number of aromatic nitrogens is 1. The fourth-order valence-electron chi connectivity index (χ4n) is 1.68. The van der Waals surface area contributed by atoms with Gasteiger partial charge >= 0.3 is 0 Å². The minimum Gasteiger partial charge on any atom is -0.337 e. The summed E-state index contributed by atoms with van der Waals surface area (Å²) in [5.41, 5.74) is 1.68. The van der Waals surface area contributed by atoms with Gasteiger partial charge in [0, 0.05) is 30.5 Å². The summed E-state index contributed by atoms with van der Waals surface area (Å²) < 4.78 is 0.813. The Morgan fingerprint density at radius 1 is 1.28 bits per heavy atom. The second kappa shape index (κ2) is 5.78. The number of rotatable bonds is 3. The molecule has 0 atom stereocenters. The van der Waals surface area contributed by atoms with Crippen molar-refractivity contribution in [1.29, 1.82) is 0 Å². The first-order valence-electron chi connectivity index (χ1n) is 5.57. The molecule has 4 heteroatoms. The molecule has 3 nitrogen and oxygen atoms in total. The molecule has 2 aromatic rings. The maximum Gasteiger partial charge on any atom is 0.255 e. The Morgan fingerprint density at radius 3 is 2.72 bits per heavy atom. The predicted molar refractivity (Wildman–Crippen MR) is 74.2 cm³/mol. The molecule has 0 aliphatic carbocycles. The van der Waals surface area contributed by atoms with Gasteiger partial charge in [-0.25, -0.2) is 0 Å². The summed E-state index contributed by atoms with van der Waals surface area (Å²) in [6, 6.07) is 11.2. The van der Waals surface area contributed by atoms with Crippen molar-refractivity contribution in [2.75, 3.05) is 7.05 Å². The van der Waals surface area contributed by atoms with Crippen LogP contribution in [0.4, 0.5) is 0 Å². The Balaban J connectivity index is 2.13. The average Bonchev–Trinajstić information content (AvgIpc) is 2.39. The maximum atomic E-state index is 12.2. The van der Waals surface area contributed by atoms with Crippen molar-refractivity contribution in [1.82, 2.24) is 9.88 Å². The number of nitrogens with zero attached hydrogens (tertiary/aromatic N) is 2. The summed E-state index contributed by atoms with van der Waals surface area (Å²) in [7, 11) is 1.79. The van der Waals surface area contributed by atoms with Gasteiger partial charge in [0.15, 0.2) is 0 Å². The minimum absolute atomic E-state index is 0.00803. The van der Waals surface area contributed by atoms with E-state index in [4.69, 9.17) is 0 Å². The van der Waals surface area contributed by atoms with Gasteiger partial charge in [-0.05, 0) is 39.7 Å². The monoisotopic (exact) mass is 304 g/mol. The van der Waals surface area contributed by atoms with Gasteiger partial charge in [0.05, 0.1) is 5.56 Å². The standard InChI is InChI=1S/C14H13BrN2O/c1-17(10-11-5-4-8-16-9-11)14(18)12-6-2-3-7-13(12)15/h2-9H,10H2,1H3. The summed E-state index contributed by atoms with van der Waals surface area (Å²) >= 11 is 3.39. The van der Waals surface area contributed by atoms with Gasteiger partial charge in [0.1, 0.15) is 0 Å². The number of pyridine rings is 1. The number of carbonyl (C=O) groups is 1. The molecule has 1 aromatic heterocycles. The second-order valence-corrected chi connectivity index (χ2v) is 4.86. The lowest BCUT2D eigenvalue weighted by Crippen LogP contribution is -2.26. The van der Waals surface area contributed by atoms with Crippen LogP contribution in [0, 0.1) is 0 Å². The third kappa shape index (κ3) is 2.96. The first-order chi connectivity index (χ1) is 8.68. The molecular weight excluding hydrogens is 292 g/mol. The van der Waals surface area contributed by atoms with Crippen molar-refractivity contribution in [3.8, 4) is 0 Å². The Kier molecular flexibility index (Phi) is 4.10. The SMILES string of the molecule is CN(Cc1cccnc1)C(=O)c1ccccc1Br. The van der Waals surface area contributed by atoms with Crippen LogP contribution in [-0.4, -0.2) is 22.8 Å². The Bertz CT molecular complexity index is 543. The first kappa shape index (κ1) is 12.8. The van der Waals surface area contributed by atoms with Crippen LogP contribution in [0.15, 0.2) is 53.3 Å². The quantitative estimate of drug-likeness (QED) is 0.873. The van der Waals surface area contributed by atoms with Crippen LogP contribution in [0.2, 0.25) is 0 Å². The predicted octanol–water partition coefficient (Wildman–Crippen LogP) is 3.12. The van der Waals surface area contributed by atoms with Crippen LogP contribution >= 0.6 is 15.9 Å². The number of halogens is 1. The molecule has 1 aromatic carbocycles. The van der Waals surface area contributed by atoms with Crippen molar-refractivity contribution in [2.24, 2.45) is 0 Å². The van der Waals surface area contributed by atoms with Crippen molar-refractivity contribution in [3.63, 3.8) is 0 Å². The normalized spacial score (nSPS) is 10.1. The van der Waals surface area contributed by atoms with Crippen molar-refractivity contribution >= 4 is 21.8 Å². The molecular formula is C14H13BrN2O. The van der Waals surface area contributed by atoms with Gasteiger partial charge in [-0.15, -0.1) is 0 Å². The highest BCUT2D eigenvalue weighted by Gasteiger charge is 2.14. The van der Waals surface area contributed by atoms with Gasteiger partial charge in [0.25, 0.3) is 5.91 Å². The van der Waals surface area contributed by atoms with Crippen LogP contribution in [0.5, 0.6) is 0 Å². The fourth-order valence-corrected chi connectivity index (χ4v) is 2.13. The van der Waals surface area contributed by atoms with E-state index < -0.39 is 0 Å². The lowest BCUT2D eigenvalue weighted by atomic mass is 10.2. The van der Waals surface area contributed by atoms with Gasteiger partial charge in [0.2, 0.25) is 0 Å². The highest BCUT2D eigenvalue weighted by Crippen LogP contribution is 2.18. The topological polar surface area (TPSA) is 33.2 Å². The zero-order valence-electron chi connectivity index (χ0n) is 10.0. The van der Waals surface area contributed by atoms with Crippen LogP contribution in [0.1, 0.15) is 15.9 Å². The molecule has 1 heterocycles. The molecule has 0 bridgehead atoms. The molecule has 0 spiro atoms. The van der Waals surface area contributed by atoms with E-state index in [1.807, 2.05) is 36.4 Å². The zero-order valence-corrected chi connectivity index (χ0v) is 11.6. The Labute approximate surface area is 115 Å². The van der Waals surface area contributed by atoms with E-state index in [-0.39, 0.29) is 5.91 Å². The van der Waals surface area contributed by atoms with Crippen LogP contribution in [0.25, 0.3) is 0 Å². The number of carbonyl (C=O) groups excluding carboxylic acids is 1. The number of amides is 1. The van der Waals surface area contributed by atoms with Gasteiger partial charge < -0.3 is 4.90 Å². The van der Waals surface area contributed by atoms with Crippen LogP contribution in [0.3, 0.4) is 0 Å². The molecule has 0 aliphatic heterocycles. The minimum atomic E-state index is -0.00803. The molecule has 0 N–H and O–H groups in total. The molecule has 0 saturated heterocycles. The summed E-state index contributed by atoms with van der Waals surface area (Å²) in [6.45, 7) is 0.550. The Morgan fingerprint density at radius 2 is 2.06 bits per heavy atom. The molecule has 0 saturated carbocycles. The molecule has 2 rings (SSSR count). The third-order valence-electron chi connectivity index (χ3n) is 2.59. The molecule has 92 valence electrons. The molecule has 18 heavy (non-hydrogen) atoms. The highest BCUT2D eigenvalue weighted by molar-refractivity contribution is 9.10. The summed E-state index contributed by atoms with van der Waals surface area (Å²) in [5, 5.41) is 0. The molecule has 1 amide bonds.